The quantitative estimate of drug-likeness (QED) is 0.676. The van der Waals surface area contributed by atoms with Gasteiger partial charge in [0.25, 0.3) is 5.91 Å². The number of furan rings is 1. The molecule has 0 aliphatic carbocycles. The third kappa shape index (κ3) is 4.79. The summed E-state index contributed by atoms with van der Waals surface area (Å²) < 4.78 is 10.0. The summed E-state index contributed by atoms with van der Waals surface area (Å²) in [5.74, 6) is -0.555. The number of hydrogen-bond donors (Lipinski definition) is 1. The van der Waals surface area contributed by atoms with Crippen molar-refractivity contribution in [3.05, 3.63) is 59.5 Å². The lowest BCUT2D eigenvalue weighted by molar-refractivity contribution is -0.148. The number of benzene rings is 1. The molecule has 1 aromatic carbocycles. The van der Waals surface area contributed by atoms with Gasteiger partial charge in [0.1, 0.15) is 5.76 Å². The zero-order valence-corrected chi connectivity index (χ0v) is 12.5. The van der Waals surface area contributed by atoms with Gasteiger partial charge in [-0.1, -0.05) is 17.7 Å². The Bertz CT molecular complexity index is 679. The second-order valence-corrected chi connectivity index (χ2v) is 4.86. The minimum Gasteiger partial charge on any atom is -0.465 e. The monoisotopic (exact) mass is 319 g/mol. The van der Waals surface area contributed by atoms with E-state index in [1.165, 1.54) is 25.3 Å². The topological polar surface area (TPSA) is 68.5 Å². The van der Waals surface area contributed by atoms with Gasteiger partial charge in [0.2, 0.25) is 0 Å². The Morgan fingerprint density at radius 2 is 2.14 bits per heavy atom. The SMILES string of the molecule is C[C@@H](OC(=O)/C=C/c1ccco1)C(=O)Nc1cccc(Cl)c1. The summed E-state index contributed by atoms with van der Waals surface area (Å²) in [6.45, 7) is 1.48. The Morgan fingerprint density at radius 3 is 2.82 bits per heavy atom. The Kier molecular flexibility index (Phi) is 5.38. The normalized spacial score (nSPS) is 12.1. The van der Waals surface area contributed by atoms with Crippen LogP contribution < -0.4 is 5.32 Å². The van der Waals surface area contributed by atoms with Crippen LogP contribution in [-0.4, -0.2) is 18.0 Å². The maximum absolute atomic E-state index is 11.9. The van der Waals surface area contributed by atoms with E-state index in [1.807, 2.05) is 0 Å². The van der Waals surface area contributed by atoms with E-state index in [2.05, 4.69) is 5.32 Å². The van der Waals surface area contributed by atoms with Gasteiger partial charge in [-0.3, -0.25) is 4.79 Å². The summed E-state index contributed by atoms with van der Waals surface area (Å²) in [4.78, 5) is 23.5. The number of halogens is 1. The van der Waals surface area contributed by atoms with Gasteiger partial charge in [-0.15, -0.1) is 0 Å². The van der Waals surface area contributed by atoms with Crippen molar-refractivity contribution >= 4 is 35.2 Å². The van der Waals surface area contributed by atoms with Crippen molar-refractivity contribution in [3.8, 4) is 0 Å². The third-order valence-corrected chi connectivity index (χ3v) is 2.92. The first-order valence-electron chi connectivity index (χ1n) is 6.53. The Hall–Kier alpha value is -2.53. The number of rotatable bonds is 5. The summed E-state index contributed by atoms with van der Waals surface area (Å²) in [7, 11) is 0. The van der Waals surface area contributed by atoms with Crippen LogP contribution in [0.5, 0.6) is 0 Å². The molecule has 0 aliphatic rings. The fraction of sp³-hybridized carbons (Fsp3) is 0.125. The molecular weight excluding hydrogens is 306 g/mol. The number of carbonyl (C=O) groups excluding carboxylic acids is 2. The Balaban J connectivity index is 1.87. The molecule has 1 N–H and O–H groups in total. The molecule has 1 amide bonds. The molecule has 2 aromatic rings. The van der Waals surface area contributed by atoms with Crippen LogP contribution in [0.25, 0.3) is 6.08 Å². The van der Waals surface area contributed by atoms with Gasteiger partial charge in [0, 0.05) is 16.8 Å². The van der Waals surface area contributed by atoms with Gasteiger partial charge in [0.15, 0.2) is 6.10 Å². The molecule has 0 saturated heterocycles. The lowest BCUT2D eigenvalue weighted by Crippen LogP contribution is -2.29. The molecule has 6 heteroatoms. The second kappa shape index (κ2) is 7.47. The van der Waals surface area contributed by atoms with Crippen molar-refractivity contribution in [1.29, 1.82) is 0 Å². The molecule has 0 unspecified atom stereocenters. The van der Waals surface area contributed by atoms with Crippen LogP contribution >= 0.6 is 11.6 Å². The molecule has 0 saturated carbocycles. The van der Waals surface area contributed by atoms with E-state index in [-0.39, 0.29) is 0 Å². The Morgan fingerprint density at radius 1 is 1.32 bits per heavy atom. The van der Waals surface area contributed by atoms with Crippen LogP contribution in [0.3, 0.4) is 0 Å². The first-order chi connectivity index (χ1) is 10.5. The molecule has 0 aliphatic heterocycles. The molecule has 0 bridgehead atoms. The summed E-state index contributed by atoms with van der Waals surface area (Å²) in [6.07, 6.45) is 3.21. The highest BCUT2D eigenvalue weighted by atomic mass is 35.5. The van der Waals surface area contributed by atoms with Crippen molar-refractivity contribution in [2.24, 2.45) is 0 Å². The highest BCUT2D eigenvalue weighted by molar-refractivity contribution is 6.30. The first-order valence-corrected chi connectivity index (χ1v) is 6.91. The number of carbonyl (C=O) groups is 2. The van der Waals surface area contributed by atoms with E-state index >= 15 is 0 Å². The molecule has 1 atom stereocenters. The van der Waals surface area contributed by atoms with Crippen LogP contribution in [0, 0.1) is 0 Å². The number of anilines is 1. The Labute approximate surface area is 132 Å². The van der Waals surface area contributed by atoms with Crippen LogP contribution in [0.2, 0.25) is 5.02 Å². The fourth-order valence-corrected chi connectivity index (χ4v) is 1.80. The third-order valence-electron chi connectivity index (χ3n) is 2.68. The van der Waals surface area contributed by atoms with E-state index in [0.717, 1.165) is 0 Å². The fourth-order valence-electron chi connectivity index (χ4n) is 1.61. The van der Waals surface area contributed by atoms with Crippen molar-refractivity contribution in [2.45, 2.75) is 13.0 Å². The van der Waals surface area contributed by atoms with Crippen molar-refractivity contribution in [3.63, 3.8) is 0 Å². The van der Waals surface area contributed by atoms with E-state index in [0.29, 0.717) is 16.5 Å². The number of nitrogens with one attached hydrogen (secondary N) is 1. The van der Waals surface area contributed by atoms with E-state index in [1.54, 1.807) is 36.4 Å². The van der Waals surface area contributed by atoms with E-state index < -0.39 is 18.0 Å². The molecule has 114 valence electrons. The number of hydrogen-bond acceptors (Lipinski definition) is 4. The molecule has 22 heavy (non-hydrogen) atoms. The summed E-state index contributed by atoms with van der Waals surface area (Å²) in [5.41, 5.74) is 0.534. The van der Waals surface area contributed by atoms with Crippen molar-refractivity contribution < 1.29 is 18.7 Å². The highest BCUT2D eigenvalue weighted by Crippen LogP contribution is 2.15. The molecule has 2 rings (SSSR count). The summed E-state index contributed by atoms with van der Waals surface area (Å²) in [5, 5.41) is 3.12. The standard InChI is InChI=1S/C16H14ClNO4/c1-11(16(20)18-13-5-2-4-12(17)10-13)22-15(19)8-7-14-6-3-9-21-14/h2-11H,1H3,(H,18,20)/b8-7+/t11-/m1/s1. The zero-order valence-electron chi connectivity index (χ0n) is 11.8. The van der Waals surface area contributed by atoms with Gasteiger partial charge >= 0.3 is 5.97 Å². The van der Waals surface area contributed by atoms with E-state index in [4.69, 9.17) is 20.8 Å². The summed E-state index contributed by atoms with van der Waals surface area (Å²) in [6, 6.07) is 10.1. The maximum atomic E-state index is 11.9. The summed E-state index contributed by atoms with van der Waals surface area (Å²) >= 11 is 5.83. The van der Waals surface area contributed by atoms with Gasteiger partial charge in [-0.25, -0.2) is 4.79 Å². The molecule has 1 aromatic heterocycles. The minimum atomic E-state index is -0.937. The number of amides is 1. The van der Waals surface area contributed by atoms with Crippen molar-refractivity contribution in [2.75, 3.05) is 5.32 Å². The number of esters is 1. The molecule has 0 radical (unpaired) electrons. The average molecular weight is 320 g/mol. The molecule has 0 spiro atoms. The average Bonchev–Trinajstić information content (AvgIpc) is 2.98. The number of ether oxygens (including phenoxy) is 1. The lowest BCUT2D eigenvalue weighted by atomic mass is 10.3. The predicted octanol–water partition coefficient (Wildman–Crippen LogP) is 3.52. The molecular formula is C16H14ClNO4. The van der Waals surface area contributed by atoms with Gasteiger partial charge in [0.05, 0.1) is 6.26 Å². The lowest BCUT2D eigenvalue weighted by Gasteiger charge is -2.12. The smallest absolute Gasteiger partial charge is 0.331 e. The minimum absolute atomic E-state index is 0.443. The largest absolute Gasteiger partial charge is 0.465 e. The highest BCUT2D eigenvalue weighted by Gasteiger charge is 2.16. The maximum Gasteiger partial charge on any atom is 0.331 e. The van der Waals surface area contributed by atoms with Gasteiger partial charge in [-0.05, 0) is 43.3 Å². The van der Waals surface area contributed by atoms with Crippen molar-refractivity contribution in [1.82, 2.24) is 0 Å². The second-order valence-electron chi connectivity index (χ2n) is 4.43. The van der Waals surface area contributed by atoms with Gasteiger partial charge in [-0.2, -0.15) is 0 Å². The first kappa shape index (κ1) is 15.9. The van der Waals surface area contributed by atoms with Gasteiger partial charge < -0.3 is 14.5 Å². The van der Waals surface area contributed by atoms with Crippen LogP contribution in [0.4, 0.5) is 5.69 Å². The van der Waals surface area contributed by atoms with E-state index in [9.17, 15) is 9.59 Å². The van der Waals surface area contributed by atoms with Crippen LogP contribution in [0.15, 0.2) is 53.2 Å². The molecule has 5 nitrogen and oxygen atoms in total. The molecule has 0 fully saturated rings. The predicted molar refractivity (Wildman–Crippen MR) is 83.4 cm³/mol. The van der Waals surface area contributed by atoms with Crippen LogP contribution in [-0.2, 0) is 14.3 Å². The zero-order chi connectivity index (χ0) is 15.9. The molecule has 1 heterocycles. The van der Waals surface area contributed by atoms with Crippen LogP contribution in [0.1, 0.15) is 12.7 Å².